The normalized spacial score (nSPS) is 15.6. The fraction of sp³-hybridized carbons (Fsp3) is 0.455. The first-order valence-electron chi connectivity index (χ1n) is 5.73. The van der Waals surface area contributed by atoms with Crippen molar-refractivity contribution in [3.05, 3.63) is 23.9 Å². The summed E-state index contributed by atoms with van der Waals surface area (Å²) in [6, 6.07) is 3.16. The molecule has 1 saturated carbocycles. The Morgan fingerprint density at radius 3 is 2.67 bits per heavy atom. The molecule has 0 radical (unpaired) electrons. The van der Waals surface area contributed by atoms with E-state index in [0.29, 0.717) is 6.42 Å². The van der Waals surface area contributed by atoms with Crippen LogP contribution in [0.5, 0.6) is 0 Å². The number of hydrogen-bond acceptors (Lipinski definition) is 4. The number of sulfonamides is 1. The summed E-state index contributed by atoms with van der Waals surface area (Å²) in [5, 5.41) is 0.0113. The van der Waals surface area contributed by atoms with E-state index >= 15 is 0 Å². The maximum Gasteiger partial charge on any atom is 0.258 e. The predicted octanol–water partition coefficient (Wildman–Crippen LogP) is -0.0598. The number of nitrogens with two attached hydrogens (primary N) is 1. The predicted molar refractivity (Wildman–Crippen MR) is 65.1 cm³/mol. The lowest BCUT2D eigenvalue weighted by Gasteiger charge is -2.05. The van der Waals surface area contributed by atoms with E-state index in [9.17, 15) is 13.2 Å². The van der Waals surface area contributed by atoms with Gasteiger partial charge in [0.05, 0.1) is 0 Å². The maximum atomic E-state index is 11.8. The van der Waals surface area contributed by atoms with Gasteiger partial charge in [-0.2, -0.15) is 0 Å². The molecule has 1 aromatic heterocycles. The van der Waals surface area contributed by atoms with Crippen molar-refractivity contribution >= 4 is 15.9 Å². The van der Waals surface area contributed by atoms with Gasteiger partial charge in [0, 0.05) is 18.7 Å². The number of aromatic nitrogens is 1. The van der Waals surface area contributed by atoms with Crippen LogP contribution in [-0.2, 0) is 21.2 Å². The standard InChI is InChI=1S/C11H15N3O3S/c12-10(15)5-1-8-2-6-11(13-7-8)18(16,17)14-9-3-4-9/h2,6-7,9,14H,1,3-5H2,(H2,12,15). The van der Waals surface area contributed by atoms with Crippen LogP contribution in [0.2, 0.25) is 0 Å². The van der Waals surface area contributed by atoms with E-state index in [1.54, 1.807) is 6.07 Å². The van der Waals surface area contributed by atoms with Crippen molar-refractivity contribution in [2.24, 2.45) is 5.73 Å². The number of pyridine rings is 1. The van der Waals surface area contributed by atoms with Crippen LogP contribution >= 0.6 is 0 Å². The zero-order valence-electron chi connectivity index (χ0n) is 9.80. The molecule has 0 spiro atoms. The summed E-state index contributed by atoms with van der Waals surface area (Å²) in [6.45, 7) is 0. The minimum Gasteiger partial charge on any atom is -0.370 e. The van der Waals surface area contributed by atoms with E-state index in [0.717, 1.165) is 18.4 Å². The Hall–Kier alpha value is -1.47. The van der Waals surface area contributed by atoms with Crippen molar-refractivity contribution in [3.63, 3.8) is 0 Å². The van der Waals surface area contributed by atoms with E-state index in [2.05, 4.69) is 9.71 Å². The van der Waals surface area contributed by atoms with Crippen LogP contribution in [-0.4, -0.2) is 25.4 Å². The summed E-state index contributed by atoms with van der Waals surface area (Å²) in [6.07, 6.45) is 3.93. The summed E-state index contributed by atoms with van der Waals surface area (Å²) in [5.41, 5.74) is 5.83. The van der Waals surface area contributed by atoms with Crippen LogP contribution in [0.25, 0.3) is 0 Å². The first-order chi connectivity index (χ1) is 8.47. The summed E-state index contributed by atoms with van der Waals surface area (Å²) >= 11 is 0. The van der Waals surface area contributed by atoms with Crippen molar-refractivity contribution in [1.29, 1.82) is 0 Å². The van der Waals surface area contributed by atoms with Gasteiger partial charge < -0.3 is 5.73 Å². The van der Waals surface area contributed by atoms with Crippen molar-refractivity contribution in [3.8, 4) is 0 Å². The third-order valence-corrected chi connectivity index (χ3v) is 4.07. The largest absolute Gasteiger partial charge is 0.370 e. The third-order valence-electron chi connectivity index (χ3n) is 2.63. The highest BCUT2D eigenvalue weighted by molar-refractivity contribution is 7.89. The molecule has 98 valence electrons. The molecule has 0 aromatic carbocycles. The highest BCUT2D eigenvalue weighted by Gasteiger charge is 2.28. The van der Waals surface area contributed by atoms with Gasteiger partial charge in [0.25, 0.3) is 10.0 Å². The minimum absolute atomic E-state index is 0.0113. The zero-order chi connectivity index (χ0) is 13.2. The van der Waals surface area contributed by atoms with E-state index < -0.39 is 10.0 Å². The van der Waals surface area contributed by atoms with Crippen molar-refractivity contribution in [1.82, 2.24) is 9.71 Å². The van der Waals surface area contributed by atoms with Gasteiger partial charge >= 0.3 is 0 Å². The molecule has 0 saturated heterocycles. The van der Waals surface area contributed by atoms with E-state index in [1.807, 2.05) is 0 Å². The van der Waals surface area contributed by atoms with E-state index in [1.165, 1.54) is 12.3 Å². The van der Waals surface area contributed by atoms with Gasteiger partial charge in [0.2, 0.25) is 5.91 Å². The molecular formula is C11H15N3O3S. The summed E-state index contributed by atoms with van der Waals surface area (Å²) in [4.78, 5) is 14.5. The second-order valence-electron chi connectivity index (χ2n) is 4.37. The van der Waals surface area contributed by atoms with Crippen LogP contribution in [0.3, 0.4) is 0 Å². The lowest BCUT2D eigenvalue weighted by atomic mass is 10.1. The lowest BCUT2D eigenvalue weighted by Crippen LogP contribution is -2.26. The number of amides is 1. The van der Waals surface area contributed by atoms with Crippen molar-refractivity contribution < 1.29 is 13.2 Å². The molecule has 1 aliphatic carbocycles. The van der Waals surface area contributed by atoms with Gasteiger partial charge in [-0.15, -0.1) is 0 Å². The Balaban J connectivity index is 2.04. The first kappa shape index (κ1) is 13.0. The van der Waals surface area contributed by atoms with Crippen LogP contribution in [0.15, 0.2) is 23.4 Å². The maximum absolute atomic E-state index is 11.8. The molecule has 18 heavy (non-hydrogen) atoms. The number of carbonyl (C=O) groups excluding carboxylic acids is 1. The Labute approximate surface area is 106 Å². The smallest absolute Gasteiger partial charge is 0.258 e. The Morgan fingerprint density at radius 2 is 2.17 bits per heavy atom. The van der Waals surface area contributed by atoms with Crippen LogP contribution in [0, 0.1) is 0 Å². The molecule has 6 nitrogen and oxygen atoms in total. The number of aryl methyl sites for hydroxylation is 1. The Morgan fingerprint density at radius 1 is 1.44 bits per heavy atom. The van der Waals surface area contributed by atoms with Crippen molar-refractivity contribution in [2.75, 3.05) is 0 Å². The molecular weight excluding hydrogens is 254 g/mol. The van der Waals surface area contributed by atoms with Gasteiger partial charge in [0.1, 0.15) is 0 Å². The topological polar surface area (TPSA) is 102 Å². The van der Waals surface area contributed by atoms with Gasteiger partial charge in [-0.1, -0.05) is 6.07 Å². The van der Waals surface area contributed by atoms with Gasteiger partial charge in [-0.05, 0) is 30.9 Å². The van der Waals surface area contributed by atoms with Crippen LogP contribution in [0.4, 0.5) is 0 Å². The quantitative estimate of drug-likeness (QED) is 0.755. The second-order valence-corrected chi connectivity index (χ2v) is 6.03. The fourth-order valence-corrected chi connectivity index (χ4v) is 2.70. The summed E-state index contributed by atoms with van der Waals surface area (Å²) in [7, 11) is -3.50. The van der Waals surface area contributed by atoms with Gasteiger partial charge in [0.15, 0.2) is 5.03 Å². The number of carbonyl (C=O) groups is 1. The molecule has 0 aliphatic heterocycles. The van der Waals surface area contributed by atoms with E-state index in [4.69, 9.17) is 5.73 Å². The number of hydrogen-bond donors (Lipinski definition) is 2. The number of nitrogens with zero attached hydrogens (tertiary/aromatic N) is 1. The average Bonchev–Trinajstić information content (AvgIpc) is 3.10. The Bertz CT molecular complexity index is 535. The minimum atomic E-state index is -3.50. The molecule has 0 atom stereocenters. The van der Waals surface area contributed by atoms with E-state index in [-0.39, 0.29) is 23.4 Å². The average molecular weight is 269 g/mol. The highest BCUT2D eigenvalue weighted by atomic mass is 32.2. The molecule has 0 bridgehead atoms. The molecule has 1 amide bonds. The van der Waals surface area contributed by atoms with Crippen LogP contribution in [0.1, 0.15) is 24.8 Å². The highest BCUT2D eigenvalue weighted by Crippen LogP contribution is 2.21. The second kappa shape index (κ2) is 5.03. The number of rotatable bonds is 6. The lowest BCUT2D eigenvalue weighted by molar-refractivity contribution is -0.117. The van der Waals surface area contributed by atoms with Crippen molar-refractivity contribution in [2.45, 2.75) is 36.8 Å². The third kappa shape index (κ3) is 3.51. The monoisotopic (exact) mass is 269 g/mol. The SMILES string of the molecule is NC(=O)CCc1ccc(S(=O)(=O)NC2CC2)nc1. The Kier molecular flexibility index (Phi) is 3.63. The molecule has 7 heteroatoms. The molecule has 3 N–H and O–H groups in total. The van der Waals surface area contributed by atoms with Gasteiger partial charge in [-0.3, -0.25) is 4.79 Å². The van der Waals surface area contributed by atoms with Gasteiger partial charge in [-0.25, -0.2) is 18.1 Å². The summed E-state index contributed by atoms with van der Waals surface area (Å²) in [5.74, 6) is -0.387. The summed E-state index contributed by atoms with van der Waals surface area (Å²) < 4.78 is 26.2. The zero-order valence-corrected chi connectivity index (χ0v) is 10.6. The first-order valence-corrected chi connectivity index (χ1v) is 7.21. The van der Waals surface area contributed by atoms with Crippen LogP contribution < -0.4 is 10.5 Å². The fourth-order valence-electron chi connectivity index (χ4n) is 1.47. The molecule has 1 aliphatic rings. The molecule has 1 aromatic rings. The molecule has 1 fully saturated rings. The number of primary amides is 1. The molecule has 0 unspecified atom stereocenters. The molecule has 2 rings (SSSR count). The number of nitrogens with one attached hydrogen (secondary N) is 1. The molecule has 1 heterocycles.